The molecular formula is C10H15IN2OS. The lowest BCUT2D eigenvalue weighted by Crippen LogP contribution is -2.19. The first-order valence-electron chi connectivity index (χ1n) is 5.13. The van der Waals surface area contributed by atoms with Gasteiger partial charge in [0.25, 0.3) is 0 Å². The molecule has 1 aromatic heterocycles. The monoisotopic (exact) mass is 338 g/mol. The van der Waals surface area contributed by atoms with Crippen LogP contribution in [-0.2, 0) is 17.5 Å². The summed E-state index contributed by atoms with van der Waals surface area (Å²) in [6.07, 6.45) is 4.42. The van der Waals surface area contributed by atoms with Gasteiger partial charge in [0.2, 0.25) is 0 Å². The van der Waals surface area contributed by atoms with Crippen molar-refractivity contribution in [1.82, 2.24) is 9.78 Å². The van der Waals surface area contributed by atoms with Gasteiger partial charge in [0.15, 0.2) is 0 Å². The van der Waals surface area contributed by atoms with Gasteiger partial charge in [-0.1, -0.05) is 0 Å². The van der Waals surface area contributed by atoms with E-state index < -0.39 is 0 Å². The quantitative estimate of drug-likeness (QED) is 0.792. The van der Waals surface area contributed by atoms with E-state index in [4.69, 9.17) is 4.74 Å². The molecule has 0 aliphatic carbocycles. The molecule has 0 N–H and O–H groups in total. The summed E-state index contributed by atoms with van der Waals surface area (Å²) in [6.45, 7) is 1.86. The van der Waals surface area contributed by atoms with Crippen LogP contribution in [0.4, 0.5) is 0 Å². The van der Waals surface area contributed by atoms with E-state index >= 15 is 0 Å². The van der Waals surface area contributed by atoms with E-state index in [0.29, 0.717) is 5.25 Å². The van der Waals surface area contributed by atoms with Crippen molar-refractivity contribution in [3.05, 3.63) is 15.5 Å². The Balaban J connectivity index is 1.87. The molecule has 1 aliphatic heterocycles. The third kappa shape index (κ3) is 3.10. The fourth-order valence-corrected chi connectivity index (χ4v) is 3.82. The number of hydrogen-bond donors (Lipinski definition) is 0. The van der Waals surface area contributed by atoms with Crippen molar-refractivity contribution in [2.24, 2.45) is 7.05 Å². The molecule has 0 bridgehead atoms. The number of thioether (sulfide) groups is 1. The Morgan fingerprint density at radius 2 is 2.60 bits per heavy atom. The largest absolute Gasteiger partial charge is 0.380 e. The zero-order valence-corrected chi connectivity index (χ0v) is 11.8. The van der Waals surface area contributed by atoms with Crippen LogP contribution in [0.5, 0.6) is 0 Å². The average Bonchev–Trinajstić information content (AvgIpc) is 2.58. The normalized spacial score (nSPS) is 21.9. The van der Waals surface area contributed by atoms with E-state index in [1.54, 1.807) is 0 Å². The predicted octanol–water partition coefficient (Wildman–Crippen LogP) is 2.44. The number of aromatic nitrogens is 2. The molecule has 2 rings (SSSR count). The summed E-state index contributed by atoms with van der Waals surface area (Å²) in [6, 6.07) is 0. The molecule has 0 radical (unpaired) electrons. The summed E-state index contributed by atoms with van der Waals surface area (Å²) in [5.74, 6) is 1.04. The average molecular weight is 338 g/mol. The van der Waals surface area contributed by atoms with E-state index in [9.17, 15) is 0 Å². The number of rotatable bonds is 3. The Labute approximate surface area is 108 Å². The Bertz CT molecular complexity index is 304. The molecule has 0 unspecified atom stereocenters. The lowest BCUT2D eigenvalue weighted by molar-refractivity contribution is 0.101. The first-order valence-corrected chi connectivity index (χ1v) is 7.26. The molecule has 1 atom stereocenters. The Morgan fingerprint density at radius 3 is 3.20 bits per heavy atom. The van der Waals surface area contributed by atoms with E-state index in [2.05, 4.69) is 27.7 Å². The number of hydrogen-bond acceptors (Lipinski definition) is 3. The van der Waals surface area contributed by atoms with Crippen LogP contribution in [0.3, 0.4) is 0 Å². The van der Waals surface area contributed by atoms with Gasteiger partial charge >= 0.3 is 0 Å². The highest BCUT2D eigenvalue weighted by molar-refractivity contribution is 14.1. The molecule has 3 nitrogen and oxygen atoms in total. The van der Waals surface area contributed by atoms with Gasteiger partial charge in [-0.25, -0.2) is 0 Å². The van der Waals surface area contributed by atoms with Crippen molar-refractivity contribution in [2.75, 3.05) is 13.2 Å². The van der Waals surface area contributed by atoms with Crippen LogP contribution in [0.1, 0.15) is 18.5 Å². The van der Waals surface area contributed by atoms with E-state index in [1.807, 2.05) is 29.7 Å². The minimum atomic E-state index is 0.671. The Hall–Kier alpha value is 0.250. The van der Waals surface area contributed by atoms with Gasteiger partial charge in [0.05, 0.1) is 22.1 Å². The van der Waals surface area contributed by atoms with Gasteiger partial charge < -0.3 is 4.74 Å². The zero-order valence-electron chi connectivity index (χ0n) is 8.78. The molecule has 0 amide bonds. The Kier molecular flexibility index (Phi) is 4.33. The van der Waals surface area contributed by atoms with Crippen LogP contribution < -0.4 is 0 Å². The lowest BCUT2D eigenvalue weighted by atomic mass is 10.2. The maximum Gasteiger partial charge on any atom is 0.0626 e. The van der Waals surface area contributed by atoms with Crippen molar-refractivity contribution < 1.29 is 4.74 Å². The maximum absolute atomic E-state index is 5.47. The fourth-order valence-electron chi connectivity index (χ4n) is 1.64. The van der Waals surface area contributed by atoms with E-state index in [1.165, 1.54) is 22.1 Å². The van der Waals surface area contributed by atoms with Crippen molar-refractivity contribution in [3.63, 3.8) is 0 Å². The summed E-state index contributed by atoms with van der Waals surface area (Å²) in [5.41, 5.74) is 1.33. The molecule has 5 heteroatoms. The second-order valence-electron chi connectivity index (χ2n) is 3.71. The number of ether oxygens (including phenoxy) is 1. The minimum Gasteiger partial charge on any atom is -0.380 e. The summed E-state index contributed by atoms with van der Waals surface area (Å²) in [4.78, 5) is 0. The second-order valence-corrected chi connectivity index (χ2v) is 6.16. The molecular weight excluding hydrogens is 323 g/mol. The molecule has 1 aliphatic rings. The van der Waals surface area contributed by atoms with Crippen molar-refractivity contribution in [3.8, 4) is 0 Å². The van der Waals surface area contributed by atoms with Crippen LogP contribution in [0.2, 0.25) is 0 Å². The van der Waals surface area contributed by atoms with Crippen LogP contribution in [-0.4, -0.2) is 28.2 Å². The highest BCUT2D eigenvalue weighted by atomic mass is 127. The van der Waals surface area contributed by atoms with E-state index in [0.717, 1.165) is 19.0 Å². The second kappa shape index (κ2) is 5.54. The smallest absolute Gasteiger partial charge is 0.0626 e. The van der Waals surface area contributed by atoms with Crippen molar-refractivity contribution in [1.29, 1.82) is 0 Å². The number of nitrogens with zero attached hydrogens (tertiary/aromatic N) is 2. The standard InChI is InChI=1S/C10H15IN2OS/c1-13-10(9(11)5-12-13)7-15-8-3-2-4-14-6-8/h5,8H,2-4,6-7H2,1H3/t8-/m0/s1. The van der Waals surface area contributed by atoms with Crippen molar-refractivity contribution in [2.45, 2.75) is 23.8 Å². The van der Waals surface area contributed by atoms with Gasteiger partial charge in [-0.2, -0.15) is 5.10 Å². The SMILES string of the molecule is Cn1ncc(I)c1CS[C@H]1CCCOC1. The molecule has 0 saturated carbocycles. The van der Waals surface area contributed by atoms with Gasteiger partial charge in [0, 0.05) is 24.7 Å². The third-order valence-corrected chi connectivity index (χ3v) is 4.77. The summed E-state index contributed by atoms with van der Waals surface area (Å²) < 4.78 is 8.70. The highest BCUT2D eigenvalue weighted by Gasteiger charge is 2.15. The van der Waals surface area contributed by atoms with Gasteiger partial charge in [-0.3, -0.25) is 4.68 Å². The highest BCUT2D eigenvalue weighted by Crippen LogP contribution is 2.26. The van der Waals surface area contributed by atoms with Crippen molar-refractivity contribution >= 4 is 34.4 Å². The van der Waals surface area contributed by atoms with Crippen LogP contribution in [0, 0.1) is 3.57 Å². The molecule has 2 heterocycles. The van der Waals surface area contributed by atoms with Crippen LogP contribution >= 0.6 is 34.4 Å². The molecule has 1 saturated heterocycles. The topological polar surface area (TPSA) is 27.1 Å². The predicted molar refractivity (Wildman–Crippen MR) is 71.1 cm³/mol. The number of halogens is 1. The fraction of sp³-hybridized carbons (Fsp3) is 0.700. The molecule has 15 heavy (non-hydrogen) atoms. The zero-order chi connectivity index (χ0) is 10.7. The third-order valence-electron chi connectivity index (χ3n) is 2.58. The molecule has 0 aromatic carbocycles. The Morgan fingerprint density at radius 1 is 1.73 bits per heavy atom. The minimum absolute atomic E-state index is 0.671. The first kappa shape index (κ1) is 11.7. The summed E-state index contributed by atoms with van der Waals surface area (Å²) in [5, 5.41) is 4.92. The summed E-state index contributed by atoms with van der Waals surface area (Å²) in [7, 11) is 2.01. The number of aryl methyl sites for hydroxylation is 1. The summed E-state index contributed by atoms with van der Waals surface area (Å²) >= 11 is 4.34. The molecule has 0 spiro atoms. The molecule has 1 fully saturated rings. The lowest BCUT2D eigenvalue weighted by Gasteiger charge is -2.21. The van der Waals surface area contributed by atoms with E-state index in [-0.39, 0.29) is 0 Å². The van der Waals surface area contributed by atoms with Crippen LogP contribution in [0.15, 0.2) is 6.20 Å². The molecule has 84 valence electrons. The van der Waals surface area contributed by atoms with Crippen LogP contribution in [0.25, 0.3) is 0 Å². The van der Waals surface area contributed by atoms with Gasteiger partial charge in [-0.15, -0.1) is 11.8 Å². The van der Waals surface area contributed by atoms with Gasteiger partial charge in [0.1, 0.15) is 0 Å². The van der Waals surface area contributed by atoms with Gasteiger partial charge in [-0.05, 0) is 35.4 Å². The molecule has 1 aromatic rings. The first-order chi connectivity index (χ1) is 7.27. The maximum atomic E-state index is 5.47.